The molecule has 0 aromatic heterocycles. The molecule has 2 unspecified atom stereocenters. The standard InChI is InChI=1S/C27H26O4/c1-17(2)26(28)30-24-12-9-20(10-13-24)21-7-6-8-22(16-21)23-11-14-25(19(5)15-23)31-27(29)18(3)4/h6-16,19,25H,1,3H2,2,4-5H3. The van der Waals surface area contributed by atoms with Crippen molar-refractivity contribution in [2.75, 3.05) is 0 Å². The Kier molecular flexibility index (Phi) is 6.71. The Hall–Kier alpha value is -3.66. The van der Waals surface area contributed by atoms with Crippen molar-refractivity contribution in [2.24, 2.45) is 5.92 Å². The van der Waals surface area contributed by atoms with Crippen LogP contribution in [0.1, 0.15) is 26.3 Å². The molecule has 2 aromatic carbocycles. The van der Waals surface area contributed by atoms with E-state index in [1.807, 2.05) is 43.3 Å². The molecule has 0 saturated carbocycles. The van der Waals surface area contributed by atoms with Gasteiger partial charge in [0, 0.05) is 17.1 Å². The Balaban J connectivity index is 1.76. The lowest BCUT2D eigenvalue weighted by Crippen LogP contribution is -2.24. The van der Waals surface area contributed by atoms with Gasteiger partial charge in [-0.25, -0.2) is 9.59 Å². The average molecular weight is 415 g/mol. The minimum absolute atomic E-state index is 0.0502. The van der Waals surface area contributed by atoms with Crippen molar-refractivity contribution in [1.82, 2.24) is 0 Å². The highest BCUT2D eigenvalue weighted by Gasteiger charge is 2.21. The largest absolute Gasteiger partial charge is 0.454 e. The molecule has 4 heteroatoms. The lowest BCUT2D eigenvalue weighted by atomic mass is 9.90. The second-order valence-electron chi connectivity index (χ2n) is 7.77. The molecule has 1 aliphatic rings. The third-order valence-electron chi connectivity index (χ3n) is 4.96. The van der Waals surface area contributed by atoms with Gasteiger partial charge in [-0.2, -0.15) is 0 Å². The Morgan fingerprint density at radius 3 is 2.13 bits per heavy atom. The van der Waals surface area contributed by atoms with Gasteiger partial charge in [0.25, 0.3) is 0 Å². The minimum atomic E-state index is -0.438. The van der Waals surface area contributed by atoms with Gasteiger partial charge in [0.1, 0.15) is 11.9 Å². The molecule has 3 rings (SSSR count). The van der Waals surface area contributed by atoms with Gasteiger partial charge in [0.05, 0.1) is 0 Å². The zero-order chi connectivity index (χ0) is 22.5. The van der Waals surface area contributed by atoms with Gasteiger partial charge < -0.3 is 9.47 Å². The van der Waals surface area contributed by atoms with E-state index in [0.717, 1.165) is 22.3 Å². The van der Waals surface area contributed by atoms with Crippen LogP contribution in [0.5, 0.6) is 5.75 Å². The molecule has 0 heterocycles. The van der Waals surface area contributed by atoms with E-state index in [2.05, 4.69) is 31.4 Å². The Morgan fingerprint density at radius 1 is 0.871 bits per heavy atom. The summed E-state index contributed by atoms with van der Waals surface area (Å²) in [4.78, 5) is 23.5. The van der Waals surface area contributed by atoms with Crippen LogP contribution in [0.25, 0.3) is 16.7 Å². The number of benzene rings is 2. The van der Waals surface area contributed by atoms with Crippen LogP contribution in [0.2, 0.25) is 0 Å². The fourth-order valence-corrected chi connectivity index (χ4v) is 3.16. The summed E-state index contributed by atoms with van der Waals surface area (Å²) in [5.41, 5.74) is 4.96. The first-order valence-electron chi connectivity index (χ1n) is 10.1. The molecule has 1 aliphatic carbocycles. The molecule has 0 fully saturated rings. The van der Waals surface area contributed by atoms with E-state index in [4.69, 9.17) is 9.47 Å². The number of hydrogen-bond acceptors (Lipinski definition) is 4. The summed E-state index contributed by atoms with van der Waals surface area (Å²) in [7, 11) is 0. The first kappa shape index (κ1) is 22.0. The van der Waals surface area contributed by atoms with E-state index in [1.54, 1.807) is 26.0 Å². The minimum Gasteiger partial charge on any atom is -0.454 e. The van der Waals surface area contributed by atoms with Crippen molar-refractivity contribution in [2.45, 2.75) is 26.9 Å². The summed E-state index contributed by atoms with van der Waals surface area (Å²) in [6.07, 6.45) is 5.70. The highest BCUT2D eigenvalue weighted by atomic mass is 16.5. The van der Waals surface area contributed by atoms with E-state index >= 15 is 0 Å². The normalized spacial score (nSPS) is 17.5. The first-order chi connectivity index (χ1) is 14.7. The monoisotopic (exact) mass is 414 g/mol. The second kappa shape index (κ2) is 9.43. The molecule has 4 nitrogen and oxygen atoms in total. The van der Waals surface area contributed by atoms with E-state index < -0.39 is 5.97 Å². The van der Waals surface area contributed by atoms with Crippen LogP contribution in [-0.2, 0) is 14.3 Å². The lowest BCUT2D eigenvalue weighted by molar-refractivity contribution is -0.143. The number of rotatable bonds is 6. The molecule has 2 atom stereocenters. The summed E-state index contributed by atoms with van der Waals surface area (Å²) < 4.78 is 10.7. The summed E-state index contributed by atoms with van der Waals surface area (Å²) in [6, 6.07) is 15.6. The fraction of sp³-hybridized carbons (Fsp3) is 0.185. The van der Waals surface area contributed by atoms with Crippen molar-refractivity contribution in [3.63, 3.8) is 0 Å². The fourth-order valence-electron chi connectivity index (χ4n) is 3.16. The zero-order valence-electron chi connectivity index (χ0n) is 18.1. The zero-order valence-corrected chi connectivity index (χ0v) is 18.1. The molecule has 0 spiro atoms. The number of ether oxygens (including phenoxy) is 2. The topological polar surface area (TPSA) is 52.6 Å². The molecule has 31 heavy (non-hydrogen) atoms. The third kappa shape index (κ3) is 5.48. The van der Waals surface area contributed by atoms with Crippen LogP contribution in [0.4, 0.5) is 0 Å². The maximum absolute atomic E-state index is 11.8. The summed E-state index contributed by atoms with van der Waals surface area (Å²) >= 11 is 0. The highest BCUT2D eigenvalue weighted by Crippen LogP contribution is 2.30. The number of hydrogen-bond donors (Lipinski definition) is 0. The Bertz CT molecular complexity index is 1090. The smallest absolute Gasteiger partial charge is 0.338 e. The van der Waals surface area contributed by atoms with Gasteiger partial charge in [0.2, 0.25) is 0 Å². The summed E-state index contributed by atoms with van der Waals surface area (Å²) in [6.45, 7) is 12.5. The van der Waals surface area contributed by atoms with Crippen molar-refractivity contribution < 1.29 is 19.1 Å². The second-order valence-corrected chi connectivity index (χ2v) is 7.77. The van der Waals surface area contributed by atoms with E-state index in [9.17, 15) is 9.59 Å². The van der Waals surface area contributed by atoms with Gasteiger partial charge in [-0.15, -0.1) is 0 Å². The number of allylic oxidation sites excluding steroid dienone is 2. The van der Waals surface area contributed by atoms with E-state index in [0.29, 0.717) is 16.9 Å². The highest BCUT2D eigenvalue weighted by molar-refractivity contribution is 5.89. The summed E-state index contributed by atoms with van der Waals surface area (Å²) in [5.74, 6) is -0.283. The average Bonchev–Trinajstić information content (AvgIpc) is 2.75. The molecule has 0 N–H and O–H groups in total. The maximum Gasteiger partial charge on any atom is 0.338 e. The Labute approximate surface area is 183 Å². The first-order valence-corrected chi connectivity index (χ1v) is 10.1. The van der Waals surface area contributed by atoms with Crippen LogP contribution < -0.4 is 4.74 Å². The molecule has 2 aromatic rings. The van der Waals surface area contributed by atoms with Crippen LogP contribution in [0.15, 0.2) is 91.1 Å². The van der Waals surface area contributed by atoms with E-state index in [-0.39, 0.29) is 18.0 Å². The van der Waals surface area contributed by atoms with Crippen LogP contribution >= 0.6 is 0 Å². The molecule has 0 radical (unpaired) electrons. The van der Waals surface area contributed by atoms with Crippen molar-refractivity contribution in [3.05, 3.63) is 96.6 Å². The van der Waals surface area contributed by atoms with Crippen molar-refractivity contribution in [3.8, 4) is 16.9 Å². The van der Waals surface area contributed by atoms with Gasteiger partial charge in [-0.1, -0.05) is 62.6 Å². The number of carbonyl (C=O) groups is 2. The quantitative estimate of drug-likeness (QED) is 0.335. The molecule has 158 valence electrons. The molecule has 0 aliphatic heterocycles. The maximum atomic E-state index is 11.8. The van der Waals surface area contributed by atoms with Crippen LogP contribution in [0, 0.1) is 5.92 Å². The summed E-state index contributed by atoms with van der Waals surface area (Å²) in [5, 5.41) is 0. The van der Waals surface area contributed by atoms with Gasteiger partial charge in [-0.05, 0) is 60.4 Å². The predicted octanol–water partition coefficient (Wildman–Crippen LogP) is 5.91. The molecular weight excluding hydrogens is 388 g/mol. The van der Waals surface area contributed by atoms with Crippen molar-refractivity contribution in [1.29, 1.82) is 0 Å². The lowest BCUT2D eigenvalue weighted by Gasteiger charge is -2.23. The van der Waals surface area contributed by atoms with Gasteiger partial charge >= 0.3 is 11.9 Å². The van der Waals surface area contributed by atoms with Crippen LogP contribution in [0.3, 0.4) is 0 Å². The Morgan fingerprint density at radius 2 is 1.52 bits per heavy atom. The molecule has 0 saturated heterocycles. The van der Waals surface area contributed by atoms with E-state index in [1.165, 1.54) is 0 Å². The van der Waals surface area contributed by atoms with Gasteiger partial charge in [-0.3, -0.25) is 0 Å². The number of esters is 2. The SMILES string of the molecule is C=C(C)C(=O)Oc1ccc(-c2cccc(C3=CC(C)C(OC(=O)C(=C)C)C=C3)c2)cc1. The third-order valence-corrected chi connectivity index (χ3v) is 4.96. The number of carbonyl (C=O) groups excluding carboxylic acids is 2. The van der Waals surface area contributed by atoms with Crippen LogP contribution in [-0.4, -0.2) is 18.0 Å². The predicted molar refractivity (Wildman–Crippen MR) is 123 cm³/mol. The van der Waals surface area contributed by atoms with Crippen molar-refractivity contribution >= 4 is 17.5 Å². The van der Waals surface area contributed by atoms with Gasteiger partial charge in [0.15, 0.2) is 0 Å². The molecular formula is C27H26O4. The molecule has 0 amide bonds. The molecule has 0 bridgehead atoms.